The molecule has 0 bridgehead atoms. The minimum atomic E-state index is -0.171. The average molecular weight is 513 g/mol. The molecule has 5 N–H and O–H groups in total. The number of aromatic amines is 2. The van der Waals surface area contributed by atoms with Crippen molar-refractivity contribution in [3.8, 4) is 5.75 Å². The molecular weight excluding hydrogens is 478 g/mol. The molecular formula is C29H34N7O2+. The fourth-order valence-electron chi connectivity index (χ4n) is 4.84. The zero-order valence-electron chi connectivity index (χ0n) is 22.0. The summed E-state index contributed by atoms with van der Waals surface area (Å²) in [5.41, 5.74) is 5.28. The van der Waals surface area contributed by atoms with Gasteiger partial charge < -0.3 is 15.4 Å². The Morgan fingerprint density at radius 2 is 2.03 bits per heavy atom. The second-order valence-electron chi connectivity index (χ2n) is 9.28. The number of methoxy groups -OCH3 is 1. The molecule has 4 aromatic rings. The van der Waals surface area contributed by atoms with E-state index in [1.807, 2.05) is 36.5 Å². The minimum Gasteiger partial charge on any atom is -0.493 e. The van der Waals surface area contributed by atoms with Crippen LogP contribution in [0.3, 0.4) is 0 Å². The number of H-pyrrole nitrogens is 2. The first-order chi connectivity index (χ1) is 18.6. The summed E-state index contributed by atoms with van der Waals surface area (Å²) in [6, 6.07) is 15.5. The van der Waals surface area contributed by atoms with E-state index in [-0.39, 0.29) is 5.91 Å². The second-order valence-corrected chi connectivity index (χ2v) is 9.28. The number of carbonyl (C=O) groups excluding carboxylic acids is 1. The number of nitrogens with one attached hydrogen (secondary N) is 5. The maximum absolute atomic E-state index is 12.4. The van der Waals surface area contributed by atoms with Crippen molar-refractivity contribution in [2.24, 2.45) is 0 Å². The van der Waals surface area contributed by atoms with E-state index < -0.39 is 0 Å². The second kappa shape index (κ2) is 11.4. The van der Waals surface area contributed by atoms with E-state index >= 15 is 0 Å². The number of para-hydroxylation sites is 1. The smallest absolute Gasteiger partial charge is 0.351 e. The van der Waals surface area contributed by atoms with Gasteiger partial charge in [-0.05, 0) is 60.9 Å². The van der Waals surface area contributed by atoms with Gasteiger partial charge in [0, 0.05) is 26.3 Å². The molecule has 0 saturated carbocycles. The summed E-state index contributed by atoms with van der Waals surface area (Å²) in [5, 5.41) is 10.3. The highest BCUT2D eigenvalue weighted by Crippen LogP contribution is 2.32. The lowest BCUT2D eigenvalue weighted by atomic mass is 10.00. The van der Waals surface area contributed by atoms with Crippen LogP contribution in [0.25, 0.3) is 16.6 Å². The molecule has 1 amide bonds. The topological polar surface area (TPSA) is 108 Å². The Kier molecular flexibility index (Phi) is 7.55. The van der Waals surface area contributed by atoms with E-state index in [2.05, 4.69) is 56.0 Å². The molecule has 1 aliphatic heterocycles. The van der Waals surface area contributed by atoms with Crippen molar-refractivity contribution in [2.75, 3.05) is 44.4 Å². The molecule has 0 radical (unpaired) electrons. The molecule has 0 aliphatic carbocycles. The molecule has 9 heteroatoms. The number of fused-ring (bicyclic) bond motifs is 1. The molecule has 1 aliphatic rings. The highest BCUT2D eigenvalue weighted by atomic mass is 16.5. The lowest BCUT2D eigenvalue weighted by molar-refractivity contribution is -0.333. The summed E-state index contributed by atoms with van der Waals surface area (Å²) in [6.45, 7) is 5.40. The summed E-state index contributed by atoms with van der Waals surface area (Å²) in [6.07, 6.45) is 6.39. The van der Waals surface area contributed by atoms with Gasteiger partial charge in [-0.25, -0.2) is 4.98 Å². The number of amides is 1. The summed E-state index contributed by atoms with van der Waals surface area (Å²) < 4.78 is 5.76. The molecule has 3 heterocycles. The van der Waals surface area contributed by atoms with Crippen molar-refractivity contribution >= 4 is 45.7 Å². The normalized spacial score (nSPS) is 13.7. The number of carbonyl (C=O) groups is 1. The van der Waals surface area contributed by atoms with E-state index in [0.29, 0.717) is 23.0 Å². The molecule has 2 aromatic heterocycles. The van der Waals surface area contributed by atoms with Crippen molar-refractivity contribution in [2.45, 2.75) is 19.8 Å². The fraction of sp³-hybridized carbons (Fsp3) is 0.276. The monoisotopic (exact) mass is 512 g/mol. The van der Waals surface area contributed by atoms with Crippen LogP contribution in [0.15, 0.2) is 60.8 Å². The number of aromatic nitrogens is 3. The fourth-order valence-corrected chi connectivity index (χ4v) is 4.84. The van der Waals surface area contributed by atoms with Crippen molar-refractivity contribution in [1.29, 1.82) is 0 Å². The Hall–Kier alpha value is -4.37. The molecule has 0 saturated heterocycles. The van der Waals surface area contributed by atoms with Gasteiger partial charge in [0.15, 0.2) is 5.75 Å². The standard InChI is InChI=1S/C29H33N7O2/c1-4-15-36-16-7-8-20(18-36)19-11-12-24(25(17-19)38-3)33-29-34-26-22(13-14-31-26)27(35-29)32-23-10-6-5-9-21(23)28(37)30-2/h5-6,8-14,17H,4,7,15-16,18H2,1-3H3,(H,30,37)(H3,31,32,33,34,35)/p+1. The van der Waals surface area contributed by atoms with E-state index in [1.165, 1.54) is 5.57 Å². The largest absolute Gasteiger partial charge is 0.493 e. The van der Waals surface area contributed by atoms with E-state index in [4.69, 9.17) is 9.72 Å². The van der Waals surface area contributed by atoms with Crippen LogP contribution in [0.4, 0.5) is 23.1 Å². The number of ether oxygens (including phenoxy) is 1. The third kappa shape index (κ3) is 5.33. The lowest BCUT2D eigenvalue weighted by Crippen LogP contribution is -2.30. The number of anilines is 4. The van der Waals surface area contributed by atoms with Gasteiger partial charge in [-0.2, -0.15) is 0 Å². The van der Waals surface area contributed by atoms with Crippen molar-refractivity contribution in [1.82, 2.24) is 20.2 Å². The van der Waals surface area contributed by atoms with Crippen molar-refractivity contribution < 1.29 is 14.5 Å². The Morgan fingerprint density at radius 1 is 1.16 bits per heavy atom. The van der Waals surface area contributed by atoms with Gasteiger partial charge in [-0.3, -0.25) is 20.0 Å². The third-order valence-corrected chi connectivity index (χ3v) is 6.72. The summed E-state index contributed by atoms with van der Waals surface area (Å²) in [7, 11) is 3.29. The third-order valence-electron chi connectivity index (χ3n) is 6.72. The zero-order valence-corrected chi connectivity index (χ0v) is 22.0. The van der Waals surface area contributed by atoms with Gasteiger partial charge in [0.25, 0.3) is 5.91 Å². The molecule has 0 spiro atoms. The molecule has 0 atom stereocenters. The first kappa shape index (κ1) is 25.3. The van der Waals surface area contributed by atoms with Gasteiger partial charge in [-0.15, -0.1) is 0 Å². The average Bonchev–Trinajstić information content (AvgIpc) is 3.42. The molecule has 0 unspecified atom stereocenters. The number of rotatable bonds is 9. The van der Waals surface area contributed by atoms with Crippen molar-refractivity contribution in [3.05, 3.63) is 71.9 Å². The SMILES string of the molecule is CCCN1CCC=C(c2ccc(Nc3nc(Nc4ccccc4C(=O)NC)c4cc[nH]c4[nH+]3)c(OC)c2)C1. The van der Waals surface area contributed by atoms with Crippen LogP contribution in [0, 0.1) is 0 Å². The molecule has 0 fully saturated rings. The summed E-state index contributed by atoms with van der Waals surface area (Å²) >= 11 is 0. The first-order valence-electron chi connectivity index (χ1n) is 12.9. The molecule has 2 aromatic carbocycles. The van der Waals surface area contributed by atoms with E-state index in [1.54, 1.807) is 20.2 Å². The van der Waals surface area contributed by atoms with Crippen LogP contribution in [0.5, 0.6) is 5.75 Å². The Labute approximate surface area is 222 Å². The minimum absolute atomic E-state index is 0.171. The highest BCUT2D eigenvalue weighted by Gasteiger charge is 2.20. The molecule has 9 nitrogen and oxygen atoms in total. The number of benzene rings is 2. The first-order valence-corrected chi connectivity index (χ1v) is 12.9. The Balaban J connectivity index is 1.44. The van der Waals surface area contributed by atoms with Crippen LogP contribution in [-0.4, -0.2) is 54.6 Å². The van der Waals surface area contributed by atoms with Crippen LogP contribution in [-0.2, 0) is 0 Å². The maximum Gasteiger partial charge on any atom is 0.351 e. The van der Waals surface area contributed by atoms with Crippen LogP contribution < -0.4 is 25.7 Å². The Bertz CT molecular complexity index is 1480. The predicted octanol–water partition coefficient (Wildman–Crippen LogP) is 4.73. The molecule has 5 rings (SSSR count). The zero-order chi connectivity index (χ0) is 26.5. The predicted molar refractivity (Wildman–Crippen MR) is 151 cm³/mol. The maximum atomic E-state index is 12.4. The van der Waals surface area contributed by atoms with Gasteiger partial charge in [-0.1, -0.05) is 36.2 Å². The molecule has 196 valence electrons. The number of hydrogen-bond acceptors (Lipinski definition) is 6. The van der Waals surface area contributed by atoms with Gasteiger partial charge >= 0.3 is 5.95 Å². The van der Waals surface area contributed by atoms with Gasteiger partial charge in [0.05, 0.1) is 23.7 Å². The van der Waals surface area contributed by atoms with Gasteiger partial charge in [0.1, 0.15) is 5.69 Å². The number of nitrogens with zero attached hydrogens (tertiary/aromatic N) is 2. The summed E-state index contributed by atoms with van der Waals surface area (Å²) in [4.78, 5) is 26.2. The van der Waals surface area contributed by atoms with Crippen LogP contribution in [0.2, 0.25) is 0 Å². The van der Waals surface area contributed by atoms with E-state index in [9.17, 15) is 4.79 Å². The quantitative estimate of drug-likeness (QED) is 0.258. The Morgan fingerprint density at radius 3 is 2.84 bits per heavy atom. The highest BCUT2D eigenvalue weighted by molar-refractivity contribution is 6.01. The van der Waals surface area contributed by atoms with Crippen molar-refractivity contribution in [3.63, 3.8) is 0 Å². The van der Waals surface area contributed by atoms with E-state index in [0.717, 1.165) is 60.5 Å². The molecule has 38 heavy (non-hydrogen) atoms. The van der Waals surface area contributed by atoms with Crippen LogP contribution >= 0.6 is 0 Å². The number of hydrogen-bond donors (Lipinski definition) is 4. The van der Waals surface area contributed by atoms with Gasteiger partial charge in [0.2, 0.25) is 11.5 Å². The van der Waals surface area contributed by atoms with Crippen LogP contribution in [0.1, 0.15) is 35.7 Å². The summed E-state index contributed by atoms with van der Waals surface area (Å²) in [5.74, 6) is 1.70. The lowest BCUT2D eigenvalue weighted by Gasteiger charge is -2.27.